The zero-order valence-corrected chi connectivity index (χ0v) is 13.6. The molecule has 2 aromatic rings. The molecule has 4 nitrogen and oxygen atoms in total. The Morgan fingerprint density at radius 2 is 1.91 bits per heavy atom. The van der Waals surface area contributed by atoms with E-state index in [9.17, 15) is 9.18 Å². The minimum Gasteiger partial charge on any atom is -0.484 e. The van der Waals surface area contributed by atoms with E-state index < -0.39 is 5.82 Å². The molecule has 2 aromatic carbocycles. The number of benzene rings is 2. The third-order valence-electron chi connectivity index (χ3n) is 2.86. The van der Waals surface area contributed by atoms with Crippen molar-refractivity contribution in [2.24, 2.45) is 0 Å². The molecule has 0 aliphatic heterocycles. The number of rotatable bonds is 7. The predicted octanol–water partition coefficient (Wildman–Crippen LogP) is 3.74. The van der Waals surface area contributed by atoms with Gasteiger partial charge in [-0.1, -0.05) is 29.3 Å². The summed E-state index contributed by atoms with van der Waals surface area (Å²) in [5, 5.41) is 6.73. The maximum atomic E-state index is 12.9. The molecule has 0 spiro atoms. The van der Waals surface area contributed by atoms with Crippen molar-refractivity contribution in [2.75, 3.05) is 25.0 Å². The van der Waals surface area contributed by atoms with Crippen LogP contribution in [0.2, 0.25) is 10.0 Å². The molecule has 23 heavy (non-hydrogen) atoms. The summed E-state index contributed by atoms with van der Waals surface area (Å²) in [7, 11) is 0. The van der Waals surface area contributed by atoms with E-state index in [2.05, 4.69) is 10.6 Å². The lowest BCUT2D eigenvalue weighted by atomic mass is 10.3. The van der Waals surface area contributed by atoms with Gasteiger partial charge < -0.3 is 15.4 Å². The molecule has 0 radical (unpaired) electrons. The van der Waals surface area contributed by atoms with Crippen molar-refractivity contribution in [3.8, 4) is 5.75 Å². The van der Waals surface area contributed by atoms with Crippen LogP contribution in [0.1, 0.15) is 0 Å². The van der Waals surface area contributed by atoms with Crippen LogP contribution in [0.15, 0.2) is 42.5 Å². The Hall–Kier alpha value is -1.98. The lowest BCUT2D eigenvalue weighted by molar-refractivity contribution is -0.123. The fourth-order valence-corrected chi connectivity index (χ4v) is 2.07. The number of halogens is 3. The first-order chi connectivity index (χ1) is 11.0. The van der Waals surface area contributed by atoms with Crippen LogP contribution in [0.3, 0.4) is 0 Å². The van der Waals surface area contributed by atoms with Gasteiger partial charge in [-0.3, -0.25) is 4.79 Å². The van der Waals surface area contributed by atoms with Crippen molar-refractivity contribution in [3.05, 3.63) is 58.3 Å². The van der Waals surface area contributed by atoms with Crippen molar-refractivity contribution in [3.63, 3.8) is 0 Å². The van der Waals surface area contributed by atoms with Crippen LogP contribution >= 0.6 is 23.2 Å². The van der Waals surface area contributed by atoms with Gasteiger partial charge in [0.05, 0.1) is 10.0 Å². The van der Waals surface area contributed by atoms with E-state index in [4.69, 9.17) is 27.9 Å². The number of amides is 1. The molecule has 0 fully saturated rings. The zero-order valence-electron chi connectivity index (χ0n) is 12.1. The summed E-state index contributed by atoms with van der Waals surface area (Å²) in [6, 6.07) is 10.8. The van der Waals surface area contributed by atoms with Crippen LogP contribution in [0.4, 0.5) is 10.1 Å². The standard InChI is InChI=1S/C16H15Cl2FN2O2/c17-14-5-4-12(9-15(14)18)20-6-7-21-16(22)10-23-13-3-1-2-11(19)8-13/h1-5,8-9,20H,6-7,10H2,(H,21,22). The minimum absolute atomic E-state index is 0.170. The van der Waals surface area contributed by atoms with E-state index >= 15 is 0 Å². The number of anilines is 1. The highest BCUT2D eigenvalue weighted by Gasteiger charge is 2.03. The zero-order chi connectivity index (χ0) is 16.7. The number of ether oxygens (including phenoxy) is 1. The van der Waals surface area contributed by atoms with Crippen LogP contribution in [0, 0.1) is 5.82 Å². The molecule has 0 heterocycles. The smallest absolute Gasteiger partial charge is 0.258 e. The summed E-state index contributed by atoms with van der Waals surface area (Å²) in [6.07, 6.45) is 0. The molecule has 0 bridgehead atoms. The van der Waals surface area contributed by atoms with Gasteiger partial charge in [-0.15, -0.1) is 0 Å². The summed E-state index contributed by atoms with van der Waals surface area (Å²) in [5.74, 6) is -0.381. The molecule has 7 heteroatoms. The van der Waals surface area contributed by atoms with Gasteiger partial charge in [0.15, 0.2) is 6.61 Å². The largest absolute Gasteiger partial charge is 0.484 e. The Bertz CT molecular complexity index is 683. The van der Waals surface area contributed by atoms with E-state index in [0.717, 1.165) is 5.69 Å². The van der Waals surface area contributed by atoms with Crippen LogP contribution in [0.5, 0.6) is 5.75 Å². The maximum Gasteiger partial charge on any atom is 0.258 e. The average Bonchev–Trinajstić information content (AvgIpc) is 2.53. The number of nitrogens with one attached hydrogen (secondary N) is 2. The Balaban J connectivity index is 1.65. The first kappa shape index (κ1) is 17.4. The highest BCUT2D eigenvalue weighted by atomic mass is 35.5. The number of hydrogen-bond acceptors (Lipinski definition) is 3. The third kappa shape index (κ3) is 5.96. The first-order valence-corrected chi connectivity index (χ1v) is 7.64. The van der Waals surface area contributed by atoms with Gasteiger partial charge in [0.25, 0.3) is 5.91 Å². The molecule has 0 aliphatic rings. The lowest BCUT2D eigenvalue weighted by Gasteiger charge is -2.09. The Morgan fingerprint density at radius 3 is 2.65 bits per heavy atom. The quantitative estimate of drug-likeness (QED) is 0.743. The molecular weight excluding hydrogens is 342 g/mol. The predicted molar refractivity (Wildman–Crippen MR) is 89.9 cm³/mol. The second kappa shape index (κ2) is 8.60. The molecule has 1 amide bonds. The Kier molecular flexibility index (Phi) is 6.50. The van der Waals surface area contributed by atoms with Crippen molar-refractivity contribution in [2.45, 2.75) is 0 Å². The van der Waals surface area contributed by atoms with Gasteiger partial charge in [0.2, 0.25) is 0 Å². The molecule has 2 N–H and O–H groups in total. The fourth-order valence-electron chi connectivity index (χ4n) is 1.77. The first-order valence-electron chi connectivity index (χ1n) is 6.88. The van der Waals surface area contributed by atoms with Crippen LogP contribution in [0.25, 0.3) is 0 Å². The van der Waals surface area contributed by atoms with Gasteiger partial charge in [-0.05, 0) is 30.3 Å². The Labute approximate surface area is 143 Å². The molecular formula is C16H15Cl2FN2O2. The molecule has 122 valence electrons. The summed E-state index contributed by atoms with van der Waals surface area (Å²) in [5.41, 5.74) is 0.810. The van der Waals surface area contributed by atoms with Crippen molar-refractivity contribution < 1.29 is 13.9 Å². The second-order valence-electron chi connectivity index (χ2n) is 4.65. The molecule has 2 rings (SSSR count). The highest BCUT2D eigenvalue weighted by molar-refractivity contribution is 6.42. The molecule has 0 unspecified atom stereocenters. The number of hydrogen-bond donors (Lipinski definition) is 2. The molecule has 0 saturated carbocycles. The summed E-state index contributed by atoms with van der Waals surface area (Å²) < 4.78 is 18.1. The van der Waals surface area contributed by atoms with E-state index in [0.29, 0.717) is 28.9 Å². The van der Waals surface area contributed by atoms with Crippen LogP contribution in [-0.4, -0.2) is 25.6 Å². The second-order valence-corrected chi connectivity index (χ2v) is 5.47. The highest BCUT2D eigenvalue weighted by Crippen LogP contribution is 2.24. The van der Waals surface area contributed by atoms with Crippen molar-refractivity contribution in [1.29, 1.82) is 0 Å². The van der Waals surface area contributed by atoms with Gasteiger partial charge >= 0.3 is 0 Å². The SMILES string of the molecule is O=C(COc1cccc(F)c1)NCCNc1ccc(Cl)c(Cl)c1. The van der Waals surface area contributed by atoms with E-state index in [1.54, 1.807) is 24.3 Å². The number of carbonyl (C=O) groups excluding carboxylic acids is 1. The molecule has 0 aromatic heterocycles. The van der Waals surface area contributed by atoms with Gasteiger partial charge in [0, 0.05) is 24.8 Å². The molecule has 0 aliphatic carbocycles. The van der Waals surface area contributed by atoms with E-state index in [1.807, 2.05) is 0 Å². The van der Waals surface area contributed by atoms with E-state index in [1.165, 1.54) is 18.2 Å². The van der Waals surface area contributed by atoms with Gasteiger partial charge in [-0.2, -0.15) is 0 Å². The van der Waals surface area contributed by atoms with Gasteiger partial charge in [-0.25, -0.2) is 4.39 Å². The number of carbonyl (C=O) groups is 1. The minimum atomic E-state index is -0.409. The molecule has 0 atom stereocenters. The monoisotopic (exact) mass is 356 g/mol. The Morgan fingerprint density at radius 1 is 1.09 bits per heavy atom. The van der Waals surface area contributed by atoms with E-state index in [-0.39, 0.29) is 12.5 Å². The van der Waals surface area contributed by atoms with Crippen LogP contribution < -0.4 is 15.4 Å². The van der Waals surface area contributed by atoms with Crippen molar-refractivity contribution >= 4 is 34.8 Å². The topological polar surface area (TPSA) is 50.4 Å². The summed E-state index contributed by atoms with van der Waals surface area (Å²) in [4.78, 5) is 11.6. The fraction of sp³-hybridized carbons (Fsp3) is 0.188. The summed E-state index contributed by atoms with van der Waals surface area (Å²) >= 11 is 11.7. The maximum absolute atomic E-state index is 12.9. The van der Waals surface area contributed by atoms with Gasteiger partial charge in [0.1, 0.15) is 11.6 Å². The van der Waals surface area contributed by atoms with Crippen molar-refractivity contribution in [1.82, 2.24) is 5.32 Å². The van der Waals surface area contributed by atoms with Crippen LogP contribution in [-0.2, 0) is 4.79 Å². The molecule has 0 saturated heterocycles. The lowest BCUT2D eigenvalue weighted by Crippen LogP contribution is -2.32. The average molecular weight is 357 g/mol. The third-order valence-corrected chi connectivity index (χ3v) is 3.60. The normalized spacial score (nSPS) is 10.2. The summed E-state index contributed by atoms with van der Waals surface area (Å²) in [6.45, 7) is 0.755.